The lowest BCUT2D eigenvalue weighted by molar-refractivity contribution is -0.145. The molecule has 3 atom stereocenters. The van der Waals surface area contributed by atoms with Crippen molar-refractivity contribution in [3.63, 3.8) is 0 Å². The van der Waals surface area contributed by atoms with E-state index in [1.54, 1.807) is 27.7 Å². The summed E-state index contributed by atoms with van der Waals surface area (Å²) in [7, 11) is 1.26. The lowest BCUT2D eigenvalue weighted by atomic mass is 10.1. The summed E-state index contributed by atoms with van der Waals surface area (Å²) >= 11 is 0. The number of alkyl carbamates (subject to hydrolysis) is 1. The van der Waals surface area contributed by atoms with Gasteiger partial charge in [0.15, 0.2) is 0 Å². The highest BCUT2D eigenvalue weighted by atomic mass is 16.6. The molecule has 0 saturated carbocycles. The molecule has 0 saturated heterocycles. The van der Waals surface area contributed by atoms with Gasteiger partial charge >= 0.3 is 6.09 Å². The van der Waals surface area contributed by atoms with Crippen LogP contribution < -0.4 is 27.5 Å². The number of nitrogens with zero attached hydrogens (tertiary/aromatic N) is 1. The molecule has 0 spiro atoms. The zero-order chi connectivity index (χ0) is 30.0. The Bertz CT molecular complexity index is 791. The highest BCUT2D eigenvalue weighted by Crippen LogP contribution is 2.06. The number of hydrogen-bond donors (Lipinski definition) is 5. The molecule has 15 heteroatoms. The van der Waals surface area contributed by atoms with Gasteiger partial charge in [-0.3, -0.25) is 29.6 Å². The van der Waals surface area contributed by atoms with Crippen LogP contribution >= 0.6 is 0 Å². The Hall–Kier alpha value is -3.01. The van der Waals surface area contributed by atoms with Crippen LogP contribution in [0.15, 0.2) is 0 Å². The van der Waals surface area contributed by atoms with Crippen LogP contribution in [-0.4, -0.2) is 105 Å². The van der Waals surface area contributed by atoms with Crippen LogP contribution in [0.4, 0.5) is 4.79 Å². The van der Waals surface area contributed by atoms with E-state index in [2.05, 4.69) is 16.1 Å². The number of ether oxygens (including phenoxy) is 4. The van der Waals surface area contributed by atoms with Gasteiger partial charge in [-0.05, 0) is 34.1 Å². The molecule has 7 N–H and O–H groups in total. The van der Waals surface area contributed by atoms with Crippen LogP contribution in [0.5, 0.6) is 0 Å². The highest BCUT2D eigenvalue weighted by molar-refractivity contribution is 5.92. The van der Waals surface area contributed by atoms with Crippen molar-refractivity contribution < 1.29 is 42.9 Å². The number of hydrogen-bond acceptors (Lipinski definition) is 10. The van der Waals surface area contributed by atoms with Gasteiger partial charge in [0.2, 0.25) is 11.8 Å². The van der Waals surface area contributed by atoms with E-state index in [4.69, 9.17) is 30.4 Å². The summed E-state index contributed by atoms with van der Waals surface area (Å²) in [6.45, 7) is 9.60. The van der Waals surface area contributed by atoms with Crippen molar-refractivity contribution in [3.8, 4) is 0 Å². The smallest absolute Gasteiger partial charge is 0.407 e. The van der Waals surface area contributed by atoms with Gasteiger partial charge in [0.1, 0.15) is 18.2 Å². The Balaban J connectivity index is 4.66. The summed E-state index contributed by atoms with van der Waals surface area (Å²) in [5, 5.41) is 5.93. The SMILES string of the molecule is CCCCOC(C)[C@@H](NC(=O)COCCOCCNC(=O)OC(C)(C)C)C(=O)NN(C)C(=O)[C@H](N)CC(N)=O. The topological polar surface area (TPSA) is 214 Å². The van der Waals surface area contributed by atoms with Crippen molar-refractivity contribution in [2.75, 3.05) is 46.6 Å². The fourth-order valence-electron chi connectivity index (χ4n) is 2.89. The van der Waals surface area contributed by atoms with Crippen molar-refractivity contribution in [3.05, 3.63) is 0 Å². The molecule has 0 aromatic heterocycles. The molecule has 0 radical (unpaired) electrons. The summed E-state index contributed by atoms with van der Waals surface area (Å²) in [6.07, 6.45) is -0.0445. The molecule has 0 aliphatic rings. The summed E-state index contributed by atoms with van der Waals surface area (Å²) < 4.78 is 21.4. The quantitative estimate of drug-likeness (QED) is 0.101. The lowest BCUT2D eigenvalue weighted by Crippen LogP contribution is -2.59. The van der Waals surface area contributed by atoms with E-state index in [9.17, 15) is 24.0 Å². The Labute approximate surface area is 229 Å². The minimum Gasteiger partial charge on any atom is -0.444 e. The van der Waals surface area contributed by atoms with Crippen LogP contribution in [0, 0.1) is 0 Å². The second-order valence-corrected chi connectivity index (χ2v) is 9.72. The summed E-state index contributed by atoms with van der Waals surface area (Å²) in [5.74, 6) is -2.82. The zero-order valence-corrected chi connectivity index (χ0v) is 23.9. The van der Waals surface area contributed by atoms with E-state index in [0.29, 0.717) is 6.61 Å². The second-order valence-electron chi connectivity index (χ2n) is 9.72. The number of nitrogens with two attached hydrogens (primary N) is 2. The van der Waals surface area contributed by atoms with Crippen molar-refractivity contribution in [2.45, 2.75) is 77.7 Å². The molecule has 0 aromatic rings. The van der Waals surface area contributed by atoms with Gasteiger partial charge in [-0.2, -0.15) is 0 Å². The number of unbranched alkanes of at least 4 members (excludes halogenated alkanes) is 1. The van der Waals surface area contributed by atoms with E-state index in [-0.39, 0.29) is 33.0 Å². The maximum absolute atomic E-state index is 12.9. The van der Waals surface area contributed by atoms with Gasteiger partial charge in [0, 0.05) is 20.2 Å². The van der Waals surface area contributed by atoms with E-state index >= 15 is 0 Å². The van der Waals surface area contributed by atoms with Crippen molar-refractivity contribution in [2.24, 2.45) is 11.5 Å². The van der Waals surface area contributed by atoms with E-state index < -0.39 is 59.9 Å². The van der Waals surface area contributed by atoms with Gasteiger partial charge in [-0.15, -0.1) is 0 Å². The van der Waals surface area contributed by atoms with E-state index in [0.717, 1.165) is 17.9 Å². The summed E-state index contributed by atoms with van der Waals surface area (Å²) in [4.78, 5) is 60.2. The van der Waals surface area contributed by atoms with Crippen molar-refractivity contribution in [1.82, 2.24) is 21.1 Å². The van der Waals surface area contributed by atoms with E-state index in [1.165, 1.54) is 7.05 Å². The minimum atomic E-state index is -1.23. The van der Waals surface area contributed by atoms with Gasteiger partial charge in [-0.1, -0.05) is 13.3 Å². The first-order valence-electron chi connectivity index (χ1n) is 12.8. The molecule has 0 aromatic carbocycles. The van der Waals surface area contributed by atoms with Crippen LogP contribution in [0.25, 0.3) is 0 Å². The fraction of sp³-hybridized carbons (Fsp3) is 0.792. The molecule has 15 nitrogen and oxygen atoms in total. The number of primary amides is 1. The average Bonchev–Trinajstić information content (AvgIpc) is 2.81. The maximum atomic E-state index is 12.9. The zero-order valence-electron chi connectivity index (χ0n) is 23.9. The predicted octanol–water partition coefficient (Wildman–Crippen LogP) is -1.07. The number of carbonyl (C=O) groups excluding carboxylic acids is 5. The third kappa shape index (κ3) is 18.0. The predicted molar refractivity (Wildman–Crippen MR) is 141 cm³/mol. The summed E-state index contributed by atoms with van der Waals surface area (Å²) in [5.41, 5.74) is 12.5. The maximum Gasteiger partial charge on any atom is 0.407 e. The number of amides is 5. The first kappa shape index (κ1) is 36.0. The Morgan fingerprint density at radius 1 is 1.00 bits per heavy atom. The molecule has 0 heterocycles. The number of rotatable bonds is 18. The van der Waals surface area contributed by atoms with E-state index in [1.807, 2.05) is 6.92 Å². The Morgan fingerprint density at radius 3 is 2.23 bits per heavy atom. The Morgan fingerprint density at radius 2 is 1.64 bits per heavy atom. The third-order valence-electron chi connectivity index (χ3n) is 4.81. The monoisotopic (exact) mass is 562 g/mol. The third-order valence-corrected chi connectivity index (χ3v) is 4.81. The van der Waals surface area contributed by atoms with Gasteiger partial charge in [-0.25, -0.2) is 4.79 Å². The normalized spacial score (nSPS) is 13.5. The first-order valence-corrected chi connectivity index (χ1v) is 12.8. The lowest BCUT2D eigenvalue weighted by Gasteiger charge is -2.28. The second kappa shape index (κ2) is 19.1. The molecule has 39 heavy (non-hydrogen) atoms. The molecule has 0 bridgehead atoms. The molecular weight excluding hydrogens is 516 g/mol. The van der Waals surface area contributed by atoms with Crippen molar-refractivity contribution in [1.29, 1.82) is 0 Å². The van der Waals surface area contributed by atoms with Gasteiger partial charge in [0.25, 0.3) is 11.8 Å². The molecule has 0 aliphatic carbocycles. The molecular formula is C24H46N6O9. The molecule has 0 aliphatic heterocycles. The average molecular weight is 563 g/mol. The first-order chi connectivity index (χ1) is 18.2. The van der Waals surface area contributed by atoms with Crippen LogP contribution in [-0.2, 0) is 38.1 Å². The number of likely N-dealkylation sites (N-methyl/N-ethyl adjacent to an activating group) is 1. The number of carbonyl (C=O) groups is 5. The van der Waals surface area contributed by atoms with Crippen LogP contribution in [0.1, 0.15) is 53.9 Å². The Kier molecular flexibility index (Phi) is 17.6. The molecule has 226 valence electrons. The van der Waals surface area contributed by atoms with Crippen molar-refractivity contribution >= 4 is 29.7 Å². The number of hydrazine groups is 1. The highest BCUT2D eigenvalue weighted by Gasteiger charge is 2.30. The molecule has 5 amide bonds. The largest absolute Gasteiger partial charge is 0.444 e. The van der Waals surface area contributed by atoms with Crippen LogP contribution in [0.3, 0.4) is 0 Å². The number of nitrogens with one attached hydrogen (secondary N) is 3. The van der Waals surface area contributed by atoms with Gasteiger partial charge < -0.3 is 41.0 Å². The minimum absolute atomic E-state index is 0.0915. The fourth-order valence-corrected chi connectivity index (χ4v) is 2.89. The van der Waals surface area contributed by atoms with Crippen LogP contribution in [0.2, 0.25) is 0 Å². The molecule has 0 fully saturated rings. The summed E-state index contributed by atoms with van der Waals surface area (Å²) in [6, 6.07) is -2.39. The molecule has 1 unspecified atom stereocenters. The standard InChI is InChI=1S/C24H46N6O9/c1-7-8-10-38-16(2)20(21(33)29-30(6)22(34)17(25)14-18(26)31)28-19(32)15-37-13-12-36-11-9-27-23(35)39-24(3,4)5/h16-17,20H,7-15,25H2,1-6H3,(H2,26,31)(H,27,35)(H,28,32)(H,29,33)/t16?,17-,20-/m1/s1. The molecule has 0 rings (SSSR count). The van der Waals surface area contributed by atoms with Gasteiger partial charge in [0.05, 0.1) is 38.4 Å².